The molecule has 0 spiro atoms. The first-order valence-corrected chi connectivity index (χ1v) is 12.3. The smallest absolute Gasteiger partial charge is 0.153 e. The van der Waals surface area contributed by atoms with Crippen LogP contribution in [0.15, 0.2) is 49.2 Å². The van der Waals surface area contributed by atoms with Gasteiger partial charge in [-0.05, 0) is 24.1 Å². The molecular formula is C27H30N8O2. The number of nitrogens with zero attached hydrogens (tertiary/aromatic N) is 8. The molecule has 0 unspecified atom stereocenters. The summed E-state index contributed by atoms with van der Waals surface area (Å²) in [4.78, 5) is 20.5. The highest BCUT2D eigenvalue weighted by molar-refractivity contribution is 5.87. The first kappa shape index (κ1) is 24.6. The highest BCUT2D eigenvalue weighted by atomic mass is 16.3. The molecule has 0 radical (unpaired) electrons. The monoisotopic (exact) mass is 498 g/mol. The van der Waals surface area contributed by atoms with Crippen molar-refractivity contribution in [1.82, 2.24) is 29.3 Å². The summed E-state index contributed by atoms with van der Waals surface area (Å²) in [5.74, 6) is 0.726. The quantitative estimate of drug-likeness (QED) is 0.386. The molecule has 1 saturated heterocycles. The molecule has 10 heteroatoms. The Hall–Kier alpha value is -4.07. The van der Waals surface area contributed by atoms with Gasteiger partial charge in [-0.2, -0.15) is 15.5 Å². The van der Waals surface area contributed by atoms with Crippen LogP contribution in [-0.4, -0.2) is 79.0 Å². The minimum Gasteiger partial charge on any atom is -0.381 e. The summed E-state index contributed by atoms with van der Waals surface area (Å²) in [6.07, 6.45) is 9.74. The van der Waals surface area contributed by atoms with Crippen LogP contribution in [0.5, 0.6) is 0 Å². The van der Waals surface area contributed by atoms with Gasteiger partial charge in [0.15, 0.2) is 6.29 Å². The summed E-state index contributed by atoms with van der Waals surface area (Å²) in [5.41, 5.74) is 3.59. The van der Waals surface area contributed by atoms with Gasteiger partial charge in [0.05, 0.1) is 23.5 Å². The van der Waals surface area contributed by atoms with E-state index in [1.807, 2.05) is 57.7 Å². The SMILES string of the molecule is CC(C)[C@@](O)(C=O)CN1CCN(c2ccc(-c3cc(-c4cnn(C)c4)cn4ncc(C#N)c34)cn2)CC1. The van der Waals surface area contributed by atoms with Crippen LogP contribution in [0.3, 0.4) is 0 Å². The van der Waals surface area contributed by atoms with Gasteiger partial charge in [-0.1, -0.05) is 13.8 Å². The number of piperazine rings is 1. The van der Waals surface area contributed by atoms with Crippen molar-refractivity contribution in [2.75, 3.05) is 37.6 Å². The second-order valence-electron chi connectivity index (χ2n) is 9.94. The Balaban J connectivity index is 1.38. The van der Waals surface area contributed by atoms with Crippen molar-refractivity contribution < 1.29 is 9.90 Å². The number of carbonyl (C=O) groups is 1. The van der Waals surface area contributed by atoms with Crippen LogP contribution in [0.1, 0.15) is 19.4 Å². The van der Waals surface area contributed by atoms with Gasteiger partial charge in [0.25, 0.3) is 0 Å². The van der Waals surface area contributed by atoms with E-state index in [9.17, 15) is 15.2 Å². The zero-order valence-corrected chi connectivity index (χ0v) is 21.2. The maximum absolute atomic E-state index is 11.5. The van der Waals surface area contributed by atoms with Gasteiger partial charge >= 0.3 is 0 Å². The fraction of sp³-hybridized carbons (Fsp3) is 0.370. The average molecular weight is 499 g/mol. The highest BCUT2D eigenvalue weighted by Gasteiger charge is 2.34. The molecule has 37 heavy (non-hydrogen) atoms. The Kier molecular flexibility index (Phi) is 6.50. The number of aromatic nitrogens is 5. The third-order valence-electron chi connectivity index (χ3n) is 7.21. The number of rotatable bonds is 7. The van der Waals surface area contributed by atoms with Crippen molar-refractivity contribution in [3.8, 4) is 28.3 Å². The molecule has 4 aromatic heterocycles. The zero-order valence-electron chi connectivity index (χ0n) is 21.2. The number of hydrogen-bond donors (Lipinski definition) is 1. The summed E-state index contributed by atoms with van der Waals surface area (Å²) in [5, 5.41) is 28.9. The minimum atomic E-state index is -1.33. The van der Waals surface area contributed by atoms with Gasteiger partial charge in [-0.3, -0.25) is 9.58 Å². The fourth-order valence-electron chi connectivity index (χ4n) is 4.73. The molecule has 0 amide bonds. The number of nitriles is 1. The predicted octanol–water partition coefficient (Wildman–Crippen LogP) is 2.38. The van der Waals surface area contributed by atoms with Crippen molar-refractivity contribution in [3.63, 3.8) is 0 Å². The van der Waals surface area contributed by atoms with Gasteiger partial charge in [0.1, 0.15) is 17.5 Å². The van der Waals surface area contributed by atoms with E-state index in [0.29, 0.717) is 18.4 Å². The number of aldehydes is 1. The predicted molar refractivity (Wildman–Crippen MR) is 140 cm³/mol. The molecule has 190 valence electrons. The fourth-order valence-corrected chi connectivity index (χ4v) is 4.73. The lowest BCUT2D eigenvalue weighted by Gasteiger charge is -2.39. The highest BCUT2D eigenvalue weighted by Crippen LogP contribution is 2.32. The van der Waals surface area contributed by atoms with Crippen molar-refractivity contribution >= 4 is 17.6 Å². The third-order valence-corrected chi connectivity index (χ3v) is 7.21. The van der Waals surface area contributed by atoms with Crippen molar-refractivity contribution in [2.45, 2.75) is 19.4 Å². The zero-order chi connectivity index (χ0) is 26.2. The Labute approximate surface area is 215 Å². The largest absolute Gasteiger partial charge is 0.381 e. The topological polar surface area (TPSA) is 116 Å². The minimum absolute atomic E-state index is 0.141. The van der Waals surface area contributed by atoms with E-state index in [1.165, 1.54) is 0 Å². The lowest BCUT2D eigenvalue weighted by Crippen LogP contribution is -2.54. The maximum atomic E-state index is 11.5. The van der Waals surface area contributed by atoms with Crippen LogP contribution in [0.2, 0.25) is 0 Å². The molecule has 1 N–H and O–H groups in total. The van der Waals surface area contributed by atoms with Crippen LogP contribution in [0, 0.1) is 17.2 Å². The number of fused-ring (bicyclic) bond motifs is 1. The van der Waals surface area contributed by atoms with Crippen LogP contribution in [0.25, 0.3) is 27.8 Å². The number of aliphatic hydroxyl groups is 1. The lowest BCUT2D eigenvalue weighted by atomic mass is 9.91. The molecule has 5 rings (SSSR count). The summed E-state index contributed by atoms with van der Waals surface area (Å²) in [6.45, 7) is 7.04. The van der Waals surface area contributed by atoms with Gasteiger partial charge in [0, 0.05) is 80.6 Å². The van der Waals surface area contributed by atoms with Crippen LogP contribution < -0.4 is 4.90 Å². The van der Waals surface area contributed by atoms with E-state index in [2.05, 4.69) is 26.1 Å². The van der Waals surface area contributed by atoms with E-state index in [-0.39, 0.29) is 5.92 Å². The molecule has 0 bridgehead atoms. The summed E-state index contributed by atoms with van der Waals surface area (Å²) >= 11 is 0. The third kappa shape index (κ3) is 4.71. The van der Waals surface area contributed by atoms with Gasteiger partial charge < -0.3 is 14.8 Å². The number of anilines is 1. The van der Waals surface area contributed by atoms with Crippen LogP contribution >= 0.6 is 0 Å². The molecule has 1 atom stereocenters. The Morgan fingerprint density at radius 1 is 1.08 bits per heavy atom. The Morgan fingerprint density at radius 3 is 2.46 bits per heavy atom. The number of aryl methyl sites for hydroxylation is 1. The molecular weight excluding hydrogens is 468 g/mol. The number of pyridine rings is 2. The molecule has 4 aromatic rings. The second kappa shape index (κ2) is 9.76. The molecule has 10 nitrogen and oxygen atoms in total. The van der Waals surface area contributed by atoms with E-state index in [0.717, 1.165) is 59.8 Å². The Morgan fingerprint density at radius 2 is 1.86 bits per heavy atom. The first-order chi connectivity index (χ1) is 17.8. The molecule has 0 saturated carbocycles. The summed E-state index contributed by atoms with van der Waals surface area (Å²) in [6, 6.07) is 8.31. The normalized spacial score (nSPS) is 16.2. The summed E-state index contributed by atoms with van der Waals surface area (Å²) in [7, 11) is 1.87. The van der Waals surface area contributed by atoms with E-state index in [1.54, 1.807) is 21.6 Å². The van der Waals surface area contributed by atoms with E-state index in [4.69, 9.17) is 4.98 Å². The number of β-amino-alcohol motifs (C(OH)–C–C–N with tert-alkyl or cyclic N) is 1. The van der Waals surface area contributed by atoms with Gasteiger partial charge in [0.2, 0.25) is 0 Å². The van der Waals surface area contributed by atoms with E-state index < -0.39 is 5.60 Å². The number of carbonyl (C=O) groups excluding carboxylic acids is 1. The average Bonchev–Trinajstić information content (AvgIpc) is 3.54. The first-order valence-electron chi connectivity index (χ1n) is 12.3. The van der Waals surface area contributed by atoms with Crippen LogP contribution in [-0.2, 0) is 11.8 Å². The molecule has 1 aliphatic rings. The van der Waals surface area contributed by atoms with Gasteiger partial charge in [-0.15, -0.1) is 0 Å². The maximum Gasteiger partial charge on any atom is 0.153 e. The molecule has 1 aliphatic heterocycles. The lowest BCUT2D eigenvalue weighted by molar-refractivity contribution is -0.131. The van der Waals surface area contributed by atoms with E-state index >= 15 is 0 Å². The second-order valence-corrected chi connectivity index (χ2v) is 9.94. The molecule has 5 heterocycles. The number of hydrogen-bond acceptors (Lipinski definition) is 8. The molecule has 0 aliphatic carbocycles. The molecule has 1 fully saturated rings. The van der Waals surface area contributed by atoms with Crippen molar-refractivity contribution in [2.24, 2.45) is 13.0 Å². The summed E-state index contributed by atoms with van der Waals surface area (Å²) < 4.78 is 3.49. The van der Waals surface area contributed by atoms with Gasteiger partial charge in [-0.25, -0.2) is 9.50 Å². The van der Waals surface area contributed by atoms with Crippen molar-refractivity contribution in [1.29, 1.82) is 5.26 Å². The standard InChI is InChI=1S/C27H30N8O2/c1-19(2)27(37,18-36)17-33-6-8-34(9-7-33)25-5-4-20(12-29-25)24-10-21(23-14-30-32(3)15-23)16-35-26(24)22(11-28)13-31-35/h4-5,10,12-16,18-19,37H,6-9,17H2,1-3H3/t27-/m0/s1. The molecule has 0 aromatic carbocycles. The van der Waals surface area contributed by atoms with Crippen LogP contribution in [0.4, 0.5) is 5.82 Å². The Bertz CT molecular complexity index is 1460. The van der Waals surface area contributed by atoms with Crippen molar-refractivity contribution in [3.05, 3.63) is 54.7 Å².